The Balaban J connectivity index is 1.26. The number of halogens is 1. The van der Waals surface area contributed by atoms with E-state index in [1.807, 2.05) is 37.3 Å². The highest BCUT2D eigenvalue weighted by Crippen LogP contribution is 2.30. The van der Waals surface area contributed by atoms with Gasteiger partial charge in [-0.25, -0.2) is 9.97 Å². The van der Waals surface area contributed by atoms with Crippen molar-refractivity contribution in [3.63, 3.8) is 0 Å². The second-order valence-corrected chi connectivity index (χ2v) is 12.4. The van der Waals surface area contributed by atoms with E-state index < -0.39 is 0 Å². The van der Waals surface area contributed by atoms with Gasteiger partial charge in [-0.3, -0.25) is 14.6 Å². The third-order valence-electron chi connectivity index (χ3n) is 8.39. The predicted octanol–water partition coefficient (Wildman–Crippen LogP) is 5.35. The number of piperidine rings is 1. The first-order valence-corrected chi connectivity index (χ1v) is 16.0. The topological polar surface area (TPSA) is 90.9 Å². The van der Waals surface area contributed by atoms with Crippen molar-refractivity contribution in [1.82, 2.24) is 25.1 Å². The van der Waals surface area contributed by atoms with E-state index in [-0.39, 0.29) is 5.91 Å². The highest BCUT2D eigenvalue weighted by Gasteiger charge is 2.21. The molecule has 2 fully saturated rings. The lowest BCUT2D eigenvalue weighted by Gasteiger charge is -2.35. The van der Waals surface area contributed by atoms with Crippen molar-refractivity contribution in [3.8, 4) is 22.9 Å². The van der Waals surface area contributed by atoms with Crippen molar-refractivity contribution in [2.75, 3.05) is 57.3 Å². The predicted molar refractivity (Wildman–Crippen MR) is 174 cm³/mol. The van der Waals surface area contributed by atoms with Gasteiger partial charge in [-0.1, -0.05) is 11.6 Å². The average molecular weight is 619 g/mol. The maximum atomic E-state index is 11.3. The molecule has 0 unspecified atom stereocenters. The number of pyridine rings is 2. The number of anilines is 1. The lowest BCUT2D eigenvalue weighted by Crippen LogP contribution is -2.46. The molecule has 0 atom stereocenters. The number of benzene rings is 1. The quantitative estimate of drug-likeness (QED) is 0.215. The first kappa shape index (κ1) is 31.9. The molecule has 10 heteroatoms. The fraction of sp³-hybridized carbons (Fsp3) is 0.471. The van der Waals surface area contributed by atoms with Gasteiger partial charge in [-0.15, -0.1) is 0 Å². The highest BCUT2D eigenvalue weighted by atomic mass is 35.5. The maximum absolute atomic E-state index is 11.3. The standard InChI is InChI=1S/C34H43ClN6O3/c1-25-17-29(21-30(35)18-25)32-19-28(24-40-10-7-27(8-11-40)22-36-26(2)43)20-34(38-32)44-31-5-6-33(37-23-31)41-14-12-39(13-15-41)9-3-4-16-42/h5-6,16-21,23,27H,3-4,7-15,22,24H2,1-2H3,(H,36,43). The molecule has 3 aromatic rings. The summed E-state index contributed by atoms with van der Waals surface area (Å²) in [6.07, 6.45) is 6.42. The Morgan fingerprint density at radius 1 is 1.05 bits per heavy atom. The SMILES string of the molecule is CC(=O)NCC1CCN(Cc2cc(Oc3ccc(N4CCN(CCCC=O)CC4)nc3)nc(-c3cc(C)cc(Cl)c3)c2)CC1. The summed E-state index contributed by atoms with van der Waals surface area (Å²) in [5.41, 5.74) is 3.97. The van der Waals surface area contributed by atoms with Crippen molar-refractivity contribution in [2.24, 2.45) is 5.92 Å². The van der Waals surface area contributed by atoms with Crippen molar-refractivity contribution < 1.29 is 14.3 Å². The lowest BCUT2D eigenvalue weighted by molar-refractivity contribution is -0.119. The second-order valence-electron chi connectivity index (χ2n) is 12.0. The van der Waals surface area contributed by atoms with Crippen molar-refractivity contribution in [1.29, 1.82) is 0 Å². The molecule has 5 rings (SSSR count). The summed E-state index contributed by atoms with van der Waals surface area (Å²) in [5, 5.41) is 3.64. The Morgan fingerprint density at radius 2 is 1.84 bits per heavy atom. The minimum atomic E-state index is 0.0341. The molecule has 0 spiro atoms. The summed E-state index contributed by atoms with van der Waals surface area (Å²) in [6, 6.07) is 14.1. The number of hydrogen-bond acceptors (Lipinski definition) is 8. The normalized spacial score (nSPS) is 16.6. The van der Waals surface area contributed by atoms with Crippen LogP contribution in [0.4, 0.5) is 5.82 Å². The van der Waals surface area contributed by atoms with E-state index in [1.54, 1.807) is 13.1 Å². The van der Waals surface area contributed by atoms with Crippen molar-refractivity contribution >= 4 is 29.6 Å². The number of likely N-dealkylation sites (tertiary alicyclic amines) is 1. The number of unbranched alkanes of at least 4 members (excludes halogenated alkanes) is 1. The number of rotatable bonds is 12. The summed E-state index contributed by atoms with van der Waals surface area (Å²) in [7, 11) is 0. The number of piperazine rings is 1. The molecule has 2 aromatic heterocycles. The zero-order valence-corrected chi connectivity index (χ0v) is 26.6. The molecule has 44 heavy (non-hydrogen) atoms. The van der Waals surface area contributed by atoms with E-state index in [4.69, 9.17) is 26.3 Å². The number of carbonyl (C=O) groups excluding carboxylic acids is 2. The largest absolute Gasteiger partial charge is 0.437 e. The van der Waals surface area contributed by atoms with Crippen LogP contribution in [0.5, 0.6) is 11.6 Å². The molecule has 1 amide bonds. The molecule has 2 aliphatic rings. The molecule has 4 heterocycles. The van der Waals surface area contributed by atoms with Gasteiger partial charge in [-0.05, 0) is 99.3 Å². The molecule has 234 valence electrons. The molecular formula is C34H43ClN6O3. The number of amides is 1. The summed E-state index contributed by atoms with van der Waals surface area (Å²) >= 11 is 6.42. The minimum Gasteiger partial charge on any atom is -0.437 e. The number of nitrogens with one attached hydrogen (secondary N) is 1. The van der Waals surface area contributed by atoms with E-state index in [9.17, 15) is 9.59 Å². The Bertz CT molecular complexity index is 1380. The number of aromatic nitrogens is 2. The first-order chi connectivity index (χ1) is 21.3. The number of aryl methyl sites for hydroxylation is 1. The van der Waals surface area contributed by atoms with Gasteiger partial charge < -0.3 is 19.7 Å². The molecule has 1 N–H and O–H groups in total. The minimum absolute atomic E-state index is 0.0341. The average Bonchev–Trinajstić information content (AvgIpc) is 3.01. The van der Waals surface area contributed by atoms with E-state index in [1.165, 1.54) is 0 Å². The van der Waals surface area contributed by atoms with Gasteiger partial charge in [-0.2, -0.15) is 0 Å². The van der Waals surface area contributed by atoms with Crippen LogP contribution in [-0.4, -0.2) is 84.3 Å². The number of nitrogens with zero attached hydrogens (tertiary/aromatic N) is 5. The van der Waals surface area contributed by atoms with E-state index in [2.05, 4.69) is 32.1 Å². The molecule has 2 saturated heterocycles. The van der Waals surface area contributed by atoms with Crippen LogP contribution in [0.3, 0.4) is 0 Å². The molecule has 0 bridgehead atoms. The molecule has 0 saturated carbocycles. The number of hydrogen-bond donors (Lipinski definition) is 1. The van der Waals surface area contributed by atoms with Crippen LogP contribution in [0.2, 0.25) is 5.02 Å². The zero-order chi connectivity index (χ0) is 30.9. The highest BCUT2D eigenvalue weighted by molar-refractivity contribution is 6.30. The van der Waals surface area contributed by atoms with Gasteiger partial charge in [0.1, 0.15) is 17.9 Å². The zero-order valence-electron chi connectivity index (χ0n) is 25.8. The Morgan fingerprint density at radius 3 is 2.52 bits per heavy atom. The molecule has 0 aliphatic carbocycles. The van der Waals surface area contributed by atoms with Gasteiger partial charge in [0.15, 0.2) is 0 Å². The van der Waals surface area contributed by atoms with E-state index in [0.717, 1.165) is 113 Å². The fourth-order valence-corrected chi connectivity index (χ4v) is 6.26. The lowest BCUT2D eigenvalue weighted by atomic mass is 9.96. The Labute approximate surface area is 265 Å². The second kappa shape index (κ2) is 15.5. The smallest absolute Gasteiger partial charge is 0.220 e. The summed E-state index contributed by atoms with van der Waals surface area (Å²) in [6.45, 7) is 11.8. The third kappa shape index (κ3) is 9.24. The number of carbonyl (C=O) groups is 2. The molecular weight excluding hydrogens is 576 g/mol. The summed E-state index contributed by atoms with van der Waals surface area (Å²) < 4.78 is 6.30. The first-order valence-electron chi connectivity index (χ1n) is 15.6. The molecule has 9 nitrogen and oxygen atoms in total. The van der Waals surface area contributed by atoms with Gasteiger partial charge >= 0.3 is 0 Å². The number of aldehydes is 1. The van der Waals surface area contributed by atoms with E-state index in [0.29, 0.717) is 29.0 Å². The van der Waals surface area contributed by atoms with Crippen molar-refractivity contribution in [2.45, 2.75) is 46.1 Å². The van der Waals surface area contributed by atoms with Crippen LogP contribution >= 0.6 is 11.6 Å². The van der Waals surface area contributed by atoms with E-state index >= 15 is 0 Å². The van der Waals surface area contributed by atoms with Gasteiger partial charge in [0.05, 0.1) is 11.9 Å². The van der Waals surface area contributed by atoms with Crippen LogP contribution in [0.1, 0.15) is 43.7 Å². The monoisotopic (exact) mass is 618 g/mol. The van der Waals surface area contributed by atoms with Crippen LogP contribution in [0.15, 0.2) is 48.7 Å². The van der Waals surface area contributed by atoms with Gasteiger partial charge in [0.25, 0.3) is 0 Å². The Hall–Kier alpha value is -3.53. The molecule has 0 radical (unpaired) electrons. The van der Waals surface area contributed by atoms with Crippen molar-refractivity contribution in [3.05, 3.63) is 64.8 Å². The molecule has 2 aliphatic heterocycles. The molecule has 1 aromatic carbocycles. The van der Waals surface area contributed by atoms with Gasteiger partial charge in [0.2, 0.25) is 11.8 Å². The summed E-state index contributed by atoms with van der Waals surface area (Å²) in [5.74, 6) is 2.65. The van der Waals surface area contributed by atoms with Crippen LogP contribution in [0.25, 0.3) is 11.3 Å². The summed E-state index contributed by atoms with van der Waals surface area (Å²) in [4.78, 5) is 38.7. The fourth-order valence-electron chi connectivity index (χ4n) is 5.97. The van der Waals surface area contributed by atoms with Crippen LogP contribution in [0, 0.1) is 12.8 Å². The van der Waals surface area contributed by atoms with Crippen LogP contribution < -0.4 is 15.0 Å². The Kier molecular flexibility index (Phi) is 11.2. The van der Waals surface area contributed by atoms with Crippen LogP contribution in [-0.2, 0) is 16.1 Å². The van der Waals surface area contributed by atoms with Gasteiger partial charge in [0, 0.05) is 69.3 Å². The number of ether oxygens (including phenoxy) is 1. The maximum Gasteiger partial charge on any atom is 0.220 e. The third-order valence-corrected chi connectivity index (χ3v) is 8.61.